The van der Waals surface area contributed by atoms with Crippen LogP contribution in [0.3, 0.4) is 0 Å². The lowest BCUT2D eigenvalue weighted by atomic mass is 10.0. The first kappa shape index (κ1) is 18.4. The number of amides is 1. The van der Waals surface area contributed by atoms with E-state index in [4.69, 9.17) is 23.2 Å². The largest absolute Gasteiger partial charge is 0.340 e. The highest BCUT2D eigenvalue weighted by Crippen LogP contribution is 2.45. The van der Waals surface area contributed by atoms with Gasteiger partial charge in [-0.1, -0.05) is 29.3 Å². The van der Waals surface area contributed by atoms with E-state index < -0.39 is 0 Å². The van der Waals surface area contributed by atoms with Gasteiger partial charge in [0.2, 0.25) is 5.91 Å². The Bertz CT molecular complexity index is 1270. The molecule has 2 N–H and O–H groups in total. The minimum Gasteiger partial charge on any atom is -0.340 e. The van der Waals surface area contributed by atoms with Crippen molar-refractivity contribution in [3.63, 3.8) is 0 Å². The van der Waals surface area contributed by atoms with Crippen LogP contribution in [0.1, 0.15) is 22.1 Å². The molecule has 1 amide bonds. The summed E-state index contributed by atoms with van der Waals surface area (Å²) in [5.41, 5.74) is 3.77. The van der Waals surface area contributed by atoms with Crippen LogP contribution >= 0.6 is 35.0 Å². The molecule has 0 saturated heterocycles. The van der Waals surface area contributed by atoms with Crippen LogP contribution < -0.4 is 5.32 Å². The summed E-state index contributed by atoms with van der Waals surface area (Å²) in [4.78, 5) is 28.2. The fraction of sp³-hybridized carbons (Fsp3) is 0.167. The van der Waals surface area contributed by atoms with Gasteiger partial charge < -0.3 is 10.3 Å². The molecule has 1 aliphatic heterocycles. The number of anilines is 1. The predicted octanol–water partition coefficient (Wildman–Crippen LogP) is 3.93. The van der Waals surface area contributed by atoms with Crippen molar-refractivity contribution in [2.24, 2.45) is 0 Å². The standard InChI is InChI=1S/C18H13Cl2N7OS/c1-8-13-15(9-2-3-10(19)11(20)4-9)29-5-12(28)25-17(13)27(26-8)18-14-16(22-6-21-14)23-7-24-18/h2-4,6-7,15H,5H2,1H3,(H,25,28)(H,21,22,23,24)/t15-/m0/s1. The van der Waals surface area contributed by atoms with Gasteiger partial charge in [-0.3, -0.25) is 4.79 Å². The molecule has 0 fully saturated rings. The Kier molecular flexibility index (Phi) is 4.45. The molecule has 0 bridgehead atoms. The minimum absolute atomic E-state index is 0.116. The summed E-state index contributed by atoms with van der Waals surface area (Å²) in [5, 5.41) is 8.46. The van der Waals surface area contributed by atoms with Gasteiger partial charge in [0, 0.05) is 5.56 Å². The molecule has 0 spiro atoms. The van der Waals surface area contributed by atoms with Crippen molar-refractivity contribution in [2.75, 3.05) is 11.1 Å². The number of aromatic nitrogens is 6. The van der Waals surface area contributed by atoms with Gasteiger partial charge in [0.1, 0.15) is 17.7 Å². The van der Waals surface area contributed by atoms with E-state index in [-0.39, 0.29) is 11.2 Å². The van der Waals surface area contributed by atoms with E-state index in [1.165, 1.54) is 18.1 Å². The second-order valence-electron chi connectivity index (χ2n) is 6.47. The molecule has 146 valence electrons. The average Bonchev–Trinajstić information content (AvgIpc) is 3.25. The number of fused-ring (bicyclic) bond motifs is 2. The average molecular weight is 446 g/mol. The first-order chi connectivity index (χ1) is 14.0. The molecule has 1 aliphatic rings. The highest BCUT2D eigenvalue weighted by atomic mass is 35.5. The van der Waals surface area contributed by atoms with Crippen LogP contribution in [-0.2, 0) is 4.79 Å². The molecule has 1 atom stereocenters. The number of hydrogen-bond donors (Lipinski definition) is 2. The number of thioether (sulfide) groups is 1. The van der Waals surface area contributed by atoms with Gasteiger partial charge in [0.25, 0.3) is 0 Å². The Labute approximate surface area is 179 Å². The number of carbonyl (C=O) groups is 1. The molecule has 5 rings (SSSR count). The normalized spacial score (nSPS) is 16.5. The van der Waals surface area contributed by atoms with Crippen molar-refractivity contribution in [3.05, 3.63) is 57.7 Å². The first-order valence-corrected chi connectivity index (χ1v) is 10.4. The fourth-order valence-corrected chi connectivity index (χ4v) is 4.87. The minimum atomic E-state index is -0.147. The number of carbonyl (C=O) groups excluding carboxylic acids is 1. The third-order valence-electron chi connectivity index (χ3n) is 4.66. The molecule has 1 aromatic carbocycles. The zero-order valence-electron chi connectivity index (χ0n) is 15.0. The Balaban J connectivity index is 1.73. The molecule has 4 aromatic rings. The molecule has 3 aromatic heterocycles. The van der Waals surface area contributed by atoms with E-state index in [1.807, 2.05) is 19.1 Å². The maximum absolute atomic E-state index is 12.5. The zero-order valence-corrected chi connectivity index (χ0v) is 17.3. The molecule has 0 saturated carbocycles. The maximum atomic E-state index is 12.5. The number of hydrogen-bond acceptors (Lipinski definition) is 6. The molecular weight excluding hydrogens is 433 g/mol. The van der Waals surface area contributed by atoms with E-state index >= 15 is 0 Å². The van der Waals surface area contributed by atoms with Crippen LogP contribution in [0.5, 0.6) is 0 Å². The van der Waals surface area contributed by atoms with Crippen molar-refractivity contribution >= 4 is 57.9 Å². The number of benzene rings is 1. The lowest BCUT2D eigenvalue weighted by Crippen LogP contribution is -2.16. The smallest absolute Gasteiger partial charge is 0.235 e. The molecule has 29 heavy (non-hydrogen) atoms. The third-order valence-corrected chi connectivity index (χ3v) is 6.67. The topological polar surface area (TPSA) is 101 Å². The number of nitrogens with one attached hydrogen (secondary N) is 2. The molecule has 4 heterocycles. The van der Waals surface area contributed by atoms with Gasteiger partial charge in [-0.2, -0.15) is 9.78 Å². The highest BCUT2D eigenvalue weighted by Gasteiger charge is 2.31. The first-order valence-electron chi connectivity index (χ1n) is 8.63. The van der Waals surface area contributed by atoms with Gasteiger partial charge in [-0.25, -0.2) is 15.0 Å². The van der Waals surface area contributed by atoms with Crippen LogP contribution in [0.4, 0.5) is 5.82 Å². The quantitative estimate of drug-likeness (QED) is 0.484. The molecule has 0 radical (unpaired) electrons. The summed E-state index contributed by atoms with van der Waals surface area (Å²) < 4.78 is 1.63. The second-order valence-corrected chi connectivity index (χ2v) is 8.38. The molecular formula is C18H13Cl2N7OS. The predicted molar refractivity (Wildman–Crippen MR) is 113 cm³/mol. The summed E-state index contributed by atoms with van der Waals surface area (Å²) in [6, 6.07) is 5.51. The number of rotatable bonds is 2. The van der Waals surface area contributed by atoms with Gasteiger partial charge in [0.05, 0.1) is 33.1 Å². The van der Waals surface area contributed by atoms with E-state index in [0.717, 1.165) is 16.8 Å². The third kappa shape index (κ3) is 3.06. The van der Waals surface area contributed by atoms with Crippen molar-refractivity contribution < 1.29 is 4.79 Å². The van der Waals surface area contributed by atoms with E-state index in [1.54, 1.807) is 17.1 Å². The summed E-state index contributed by atoms with van der Waals surface area (Å²) >= 11 is 13.9. The maximum Gasteiger partial charge on any atom is 0.235 e. The van der Waals surface area contributed by atoms with Crippen LogP contribution in [0, 0.1) is 6.92 Å². The van der Waals surface area contributed by atoms with Gasteiger partial charge >= 0.3 is 0 Å². The lowest BCUT2D eigenvalue weighted by Gasteiger charge is -2.16. The van der Waals surface area contributed by atoms with Crippen molar-refractivity contribution in [3.8, 4) is 5.82 Å². The summed E-state index contributed by atoms with van der Waals surface area (Å²) in [6.45, 7) is 1.91. The molecule has 8 nitrogen and oxygen atoms in total. The number of aromatic amines is 1. The highest BCUT2D eigenvalue weighted by molar-refractivity contribution is 8.00. The van der Waals surface area contributed by atoms with E-state index in [2.05, 4.69) is 30.4 Å². The Hall–Kier alpha value is -2.62. The summed E-state index contributed by atoms with van der Waals surface area (Å²) in [7, 11) is 0. The number of H-pyrrole nitrogens is 1. The number of aryl methyl sites for hydroxylation is 1. The van der Waals surface area contributed by atoms with Crippen LogP contribution in [0.2, 0.25) is 10.0 Å². The monoisotopic (exact) mass is 445 g/mol. The van der Waals surface area contributed by atoms with Crippen LogP contribution in [0.25, 0.3) is 17.0 Å². The SMILES string of the molecule is Cc1nn(-c2ncnc3nc[nH]c23)c2c1[C@H](c1ccc(Cl)c(Cl)c1)SCC(=O)N2. The van der Waals surface area contributed by atoms with Gasteiger partial charge in [0.15, 0.2) is 11.5 Å². The second kappa shape index (κ2) is 7.01. The molecule has 0 aliphatic carbocycles. The molecule has 0 unspecified atom stereocenters. The Morgan fingerprint density at radius 3 is 2.90 bits per heavy atom. The summed E-state index contributed by atoms with van der Waals surface area (Å²) in [6.07, 6.45) is 2.97. The number of halogens is 2. The van der Waals surface area contributed by atoms with E-state index in [0.29, 0.717) is 38.6 Å². The van der Waals surface area contributed by atoms with Crippen molar-refractivity contribution in [1.82, 2.24) is 29.7 Å². The summed E-state index contributed by atoms with van der Waals surface area (Å²) in [5.74, 6) is 1.26. The lowest BCUT2D eigenvalue weighted by molar-refractivity contribution is -0.113. The van der Waals surface area contributed by atoms with Gasteiger partial charge in [-0.05, 0) is 24.6 Å². The van der Waals surface area contributed by atoms with Gasteiger partial charge in [-0.15, -0.1) is 11.8 Å². The van der Waals surface area contributed by atoms with Crippen molar-refractivity contribution in [2.45, 2.75) is 12.2 Å². The fourth-order valence-electron chi connectivity index (χ4n) is 3.39. The number of nitrogens with zero attached hydrogens (tertiary/aromatic N) is 5. The van der Waals surface area contributed by atoms with E-state index in [9.17, 15) is 4.79 Å². The molecule has 11 heteroatoms. The van der Waals surface area contributed by atoms with Crippen LogP contribution in [-0.4, -0.2) is 41.4 Å². The Morgan fingerprint density at radius 1 is 1.21 bits per heavy atom. The zero-order chi connectivity index (χ0) is 20.1. The number of imidazole rings is 1. The Morgan fingerprint density at radius 2 is 2.07 bits per heavy atom. The van der Waals surface area contributed by atoms with Crippen molar-refractivity contribution in [1.29, 1.82) is 0 Å². The van der Waals surface area contributed by atoms with Crippen LogP contribution in [0.15, 0.2) is 30.9 Å².